The summed E-state index contributed by atoms with van der Waals surface area (Å²) < 4.78 is 5.51. The summed E-state index contributed by atoms with van der Waals surface area (Å²) in [5.41, 5.74) is 1.89. The molecule has 0 saturated carbocycles. The Labute approximate surface area is 88.5 Å². The van der Waals surface area contributed by atoms with Gasteiger partial charge in [-0.15, -0.1) is 11.3 Å². The zero-order chi connectivity index (χ0) is 9.80. The highest BCUT2D eigenvalue weighted by Gasteiger charge is 2.25. The molecule has 0 aromatic carbocycles. The van der Waals surface area contributed by atoms with Gasteiger partial charge in [0.05, 0.1) is 12.1 Å². The summed E-state index contributed by atoms with van der Waals surface area (Å²) in [4.78, 5) is 5.45. The average molecular weight is 212 g/mol. The first-order valence-corrected chi connectivity index (χ1v) is 5.93. The molecule has 1 aliphatic heterocycles. The smallest absolute Gasteiger partial charge is 0.0794 e. The highest BCUT2D eigenvalue weighted by atomic mass is 32.1. The van der Waals surface area contributed by atoms with E-state index in [0.717, 1.165) is 13.2 Å². The van der Waals surface area contributed by atoms with Gasteiger partial charge < -0.3 is 10.1 Å². The maximum atomic E-state index is 5.51. The van der Waals surface area contributed by atoms with Gasteiger partial charge in [-0.1, -0.05) is 0 Å². The molecule has 4 heteroatoms. The summed E-state index contributed by atoms with van der Waals surface area (Å²) in [7, 11) is 2.01. The molecule has 1 aromatic rings. The van der Waals surface area contributed by atoms with Crippen molar-refractivity contribution in [3.63, 3.8) is 0 Å². The lowest BCUT2D eigenvalue weighted by atomic mass is 9.93. The number of hydrogen-bond acceptors (Lipinski definition) is 4. The second-order valence-corrected chi connectivity index (χ2v) is 4.57. The molecule has 1 N–H and O–H groups in total. The first-order valence-electron chi connectivity index (χ1n) is 5.05. The molecular formula is C10H16N2OS. The van der Waals surface area contributed by atoms with E-state index in [2.05, 4.69) is 10.3 Å². The maximum absolute atomic E-state index is 5.51. The summed E-state index contributed by atoms with van der Waals surface area (Å²) in [6.45, 7) is 1.80. The van der Waals surface area contributed by atoms with Crippen LogP contribution in [0.1, 0.15) is 23.8 Å². The van der Waals surface area contributed by atoms with Gasteiger partial charge in [0.15, 0.2) is 0 Å². The summed E-state index contributed by atoms with van der Waals surface area (Å²) >= 11 is 1.72. The number of nitrogens with zero attached hydrogens (tertiary/aromatic N) is 1. The van der Waals surface area contributed by atoms with Gasteiger partial charge in [-0.2, -0.15) is 0 Å². The van der Waals surface area contributed by atoms with Crippen LogP contribution in [0.2, 0.25) is 0 Å². The SMILES string of the molecule is CNC(c1cncs1)C1CCCOC1. The third-order valence-electron chi connectivity index (χ3n) is 2.74. The van der Waals surface area contributed by atoms with Gasteiger partial charge in [-0.3, -0.25) is 4.98 Å². The van der Waals surface area contributed by atoms with Gasteiger partial charge >= 0.3 is 0 Å². The zero-order valence-corrected chi connectivity index (χ0v) is 9.22. The van der Waals surface area contributed by atoms with E-state index in [1.165, 1.54) is 17.7 Å². The van der Waals surface area contributed by atoms with E-state index >= 15 is 0 Å². The zero-order valence-electron chi connectivity index (χ0n) is 8.40. The molecule has 0 amide bonds. The van der Waals surface area contributed by atoms with Crippen LogP contribution in [0.4, 0.5) is 0 Å². The first-order chi connectivity index (χ1) is 6.92. The number of hydrogen-bond donors (Lipinski definition) is 1. The molecule has 0 bridgehead atoms. The van der Waals surface area contributed by atoms with Crippen LogP contribution in [0.15, 0.2) is 11.7 Å². The van der Waals surface area contributed by atoms with Crippen molar-refractivity contribution in [2.75, 3.05) is 20.3 Å². The van der Waals surface area contributed by atoms with E-state index in [1.54, 1.807) is 11.3 Å². The molecule has 0 aliphatic carbocycles. The van der Waals surface area contributed by atoms with E-state index in [0.29, 0.717) is 12.0 Å². The van der Waals surface area contributed by atoms with E-state index < -0.39 is 0 Å². The maximum Gasteiger partial charge on any atom is 0.0794 e. The van der Waals surface area contributed by atoms with Crippen molar-refractivity contribution >= 4 is 11.3 Å². The van der Waals surface area contributed by atoms with Crippen molar-refractivity contribution in [2.45, 2.75) is 18.9 Å². The standard InChI is InChI=1S/C10H16N2OS/c1-11-10(9-5-12-7-14-9)8-3-2-4-13-6-8/h5,7-8,10-11H,2-4,6H2,1H3. The molecule has 2 unspecified atom stereocenters. The molecule has 1 saturated heterocycles. The molecule has 2 heterocycles. The average Bonchev–Trinajstić information content (AvgIpc) is 2.74. The number of thiazole rings is 1. The van der Waals surface area contributed by atoms with Crippen LogP contribution >= 0.6 is 11.3 Å². The highest BCUT2D eigenvalue weighted by molar-refractivity contribution is 7.09. The molecule has 14 heavy (non-hydrogen) atoms. The van der Waals surface area contributed by atoms with E-state index in [1.807, 2.05) is 18.8 Å². The second-order valence-electron chi connectivity index (χ2n) is 3.65. The number of rotatable bonds is 3. The third-order valence-corrected chi connectivity index (χ3v) is 3.59. The Hall–Kier alpha value is -0.450. The minimum Gasteiger partial charge on any atom is -0.381 e. The van der Waals surface area contributed by atoms with Gasteiger partial charge in [-0.05, 0) is 19.9 Å². The van der Waals surface area contributed by atoms with Crippen molar-refractivity contribution < 1.29 is 4.74 Å². The van der Waals surface area contributed by atoms with Crippen LogP contribution in [0, 0.1) is 5.92 Å². The Morgan fingerprint density at radius 2 is 2.64 bits per heavy atom. The molecule has 1 fully saturated rings. The van der Waals surface area contributed by atoms with Crippen LogP contribution in [-0.2, 0) is 4.74 Å². The van der Waals surface area contributed by atoms with Crippen molar-refractivity contribution in [3.05, 3.63) is 16.6 Å². The van der Waals surface area contributed by atoms with Crippen LogP contribution in [0.25, 0.3) is 0 Å². The third kappa shape index (κ3) is 2.13. The van der Waals surface area contributed by atoms with Gasteiger partial charge in [0.2, 0.25) is 0 Å². The van der Waals surface area contributed by atoms with Crippen molar-refractivity contribution in [3.8, 4) is 0 Å². The Morgan fingerprint density at radius 1 is 1.71 bits per heavy atom. The number of ether oxygens (including phenoxy) is 1. The Morgan fingerprint density at radius 3 is 3.21 bits per heavy atom. The minimum absolute atomic E-state index is 0.419. The Bertz CT molecular complexity index is 257. The highest BCUT2D eigenvalue weighted by Crippen LogP contribution is 2.30. The molecule has 78 valence electrons. The first kappa shape index (κ1) is 10.1. The summed E-state index contributed by atoms with van der Waals surface area (Å²) in [5.74, 6) is 0.606. The lowest BCUT2D eigenvalue weighted by Gasteiger charge is -2.29. The fourth-order valence-corrected chi connectivity index (χ4v) is 2.84. The topological polar surface area (TPSA) is 34.2 Å². The van der Waals surface area contributed by atoms with Crippen molar-refractivity contribution in [2.24, 2.45) is 5.92 Å². The fraction of sp³-hybridized carbons (Fsp3) is 0.700. The van der Waals surface area contributed by atoms with Gasteiger partial charge in [-0.25, -0.2) is 0 Å². The van der Waals surface area contributed by atoms with Crippen molar-refractivity contribution in [1.82, 2.24) is 10.3 Å². The summed E-state index contributed by atoms with van der Waals surface area (Å²) in [6, 6.07) is 0.419. The molecule has 1 aromatic heterocycles. The largest absolute Gasteiger partial charge is 0.381 e. The predicted molar refractivity (Wildman–Crippen MR) is 57.5 cm³/mol. The van der Waals surface area contributed by atoms with Crippen LogP contribution in [-0.4, -0.2) is 25.2 Å². The van der Waals surface area contributed by atoms with Gasteiger partial charge in [0, 0.05) is 29.6 Å². The second kappa shape index (κ2) is 4.87. The predicted octanol–water partition coefficient (Wildman–Crippen LogP) is 1.83. The van der Waals surface area contributed by atoms with Crippen LogP contribution in [0.5, 0.6) is 0 Å². The van der Waals surface area contributed by atoms with Crippen LogP contribution in [0.3, 0.4) is 0 Å². The number of nitrogens with one attached hydrogen (secondary N) is 1. The molecule has 1 aliphatic rings. The molecule has 0 radical (unpaired) electrons. The molecular weight excluding hydrogens is 196 g/mol. The van der Waals surface area contributed by atoms with E-state index in [4.69, 9.17) is 4.74 Å². The lowest BCUT2D eigenvalue weighted by molar-refractivity contribution is 0.0407. The Balaban J connectivity index is 2.04. The number of aromatic nitrogens is 1. The summed E-state index contributed by atoms with van der Waals surface area (Å²) in [6.07, 6.45) is 4.39. The summed E-state index contributed by atoms with van der Waals surface area (Å²) in [5, 5.41) is 3.36. The molecule has 0 spiro atoms. The minimum atomic E-state index is 0.419. The Kier molecular flexibility index (Phi) is 3.50. The van der Waals surface area contributed by atoms with Gasteiger partial charge in [0.25, 0.3) is 0 Å². The molecule has 2 atom stereocenters. The normalized spacial score (nSPS) is 24.8. The lowest BCUT2D eigenvalue weighted by Crippen LogP contribution is -2.30. The monoisotopic (exact) mass is 212 g/mol. The fourth-order valence-electron chi connectivity index (χ4n) is 2.02. The molecule has 3 nitrogen and oxygen atoms in total. The quantitative estimate of drug-likeness (QED) is 0.830. The van der Waals surface area contributed by atoms with E-state index in [9.17, 15) is 0 Å². The van der Waals surface area contributed by atoms with E-state index in [-0.39, 0.29) is 0 Å². The molecule has 2 rings (SSSR count). The van der Waals surface area contributed by atoms with Gasteiger partial charge in [0.1, 0.15) is 0 Å². The van der Waals surface area contributed by atoms with Crippen LogP contribution < -0.4 is 5.32 Å². The van der Waals surface area contributed by atoms with Crippen molar-refractivity contribution in [1.29, 1.82) is 0 Å².